The van der Waals surface area contributed by atoms with Crippen LogP contribution in [-0.2, 0) is 6.18 Å². The number of alkyl halides is 3. The van der Waals surface area contributed by atoms with Gasteiger partial charge in [0.25, 0.3) is 5.91 Å². The van der Waals surface area contributed by atoms with E-state index in [2.05, 4.69) is 5.32 Å². The minimum absolute atomic E-state index is 0.334. The van der Waals surface area contributed by atoms with Gasteiger partial charge in [-0.15, -0.1) is 0 Å². The predicted molar refractivity (Wildman–Crippen MR) is 91.2 cm³/mol. The molecule has 0 spiro atoms. The summed E-state index contributed by atoms with van der Waals surface area (Å²) in [5.74, 6) is -1.28. The number of benzene rings is 3. The Morgan fingerprint density at radius 1 is 0.808 bits per heavy atom. The molecular formula is C20H13F4NO. The van der Waals surface area contributed by atoms with Crippen molar-refractivity contribution in [1.82, 2.24) is 0 Å². The average Bonchev–Trinajstić information content (AvgIpc) is 2.62. The first kappa shape index (κ1) is 17.7. The van der Waals surface area contributed by atoms with Crippen molar-refractivity contribution < 1.29 is 22.4 Å². The number of rotatable bonds is 3. The minimum Gasteiger partial charge on any atom is -0.321 e. The van der Waals surface area contributed by atoms with Gasteiger partial charge >= 0.3 is 6.18 Å². The maximum atomic E-state index is 13.1. The first-order chi connectivity index (χ1) is 12.4. The average molecular weight is 359 g/mol. The van der Waals surface area contributed by atoms with E-state index in [9.17, 15) is 22.4 Å². The second-order valence-corrected chi connectivity index (χ2v) is 5.55. The molecule has 0 aliphatic carbocycles. The zero-order chi connectivity index (χ0) is 18.7. The molecule has 0 aliphatic heterocycles. The van der Waals surface area contributed by atoms with E-state index in [-0.39, 0.29) is 0 Å². The number of halogens is 4. The van der Waals surface area contributed by atoms with Gasteiger partial charge in [0.05, 0.1) is 11.1 Å². The van der Waals surface area contributed by atoms with E-state index in [1.54, 1.807) is 24.3 Å². The number of carbonyl (C=O) groups is 1. The molecule has 132 valence electrons. The molecule has 3 aromatic rings. The maximum absolute atomic E-state index is 13.1. The van der Waals surface area contributed by atoms with Crippen LogP contribution in [0.1, 0.15) is 15.9 Å². The quantitative estimate of drug-likeness (QED) is 0.592. The van der Waals surface area contributed by atoms with Crippen molar-refractivity contribution in [2.75, 3.05) is 5.32 Å². The second kappa shape index (κ2) is 7.00. The van der Waals surface area contributed by atoms with Gasteiger partial charge < -0.3 is 5.32 Å². The Hall–Kier alpha value is -3.15. The molecule has 0 aliphatic rings. The maximum Gasteiger partial charge on any atom is 0.417 e. The smallest absolute Gasteiger partial charge is 0.321 e. The zero-order valence-electron chi connectivity index (χ0n) is 13.3. The van der Waals surface area contributed by atoms with Crippen molar-refractivity contribution in [3.05, 3.63) is 89.7 Å². The highest BCUT2D eigenvalue weighted by Crippen LogP contribution is 2.33. The molecule has 1 amide bonds. The summed E-state index contributed by atoms with van der Waals surface area (Å²) in [5.41, 5.74) is 0.0727. The first-order valence-electron chi connectivity index (χ1n) is 7.69. The third-order valence-electron chi connectivity index (χ3n) is 3.81. The topological polar surface area (TPSA) is 29.1 Å². The van der Waals surface area contributed by atoms with Crippen LogP contribution in [0.2, 0.25) is 0 Å². The molecule has 3 rings (SSSR count). The molecule has 0 radical (unpaired) electrons. The molecule has 0 bridgehead atoms. The molecule has 0 aromatic heterocycles. The summed E-state index contributed by atoms with van der Waals surface area (Å²) in [5, 5.41) is 2.52. The van der Waals surface area contributed by atoms with Crippen molar-refractivity contribution in [1.29, 1.82) is 0 Å². The SMILES string of the molecule is O=C(Nc1ccccc1-c1ccc(F)cc1)c1ccccc1C(F)(F)F. The van der Waals surface area contributed by atoms with Gasteiger partial charge in [-0.2, -0.15) is 13.2 Å². The Kier molecular flexibility index (Phi) is 4.75. The Morgan fingerprint density at radius 2 is 1.42 bits per heavy atom. The third kappa shape index (κ3) is 3.74. The predicted octanol–water partition coefficient (Wildman–Crippen LogP) is 5.76. The summed E-state index contributed by atoms with van der Waals surface area (Å²) in [6, 6.07) is 16.8. The minimum atomic E-state index is -4.63. The van der Waals surface area contributed by atoms with Crippen LogP contribution in [0, 0.1) is 5.82 Å². The van der Waals surface area contributed by atoms with Gasteiger partial charge in [0.2, 0.25) is 0 Å². The van der Waals surface area contributed by atoms with E-state index in [1.807, 2.05) is 0 Å². The van der Waals surface area contributed by atoms with E-state index < -0.39 is 29.0 Å². The fraction of sp³-hybridized carbons (Fsp3) is 0.0500. The molecule has 0 fully saturated rings. The van der Waals surface area contributed by atoms with Crippen LogP contribution in [0.25, 0.3) is 11.1 Å². The van der Waals surface area contributed by atoms with Crippen LogP contribution in [0.3, 0.4) is 0 Å². The zero-order valence-corrected chi connectivity index (χ0v) is 13.3. The van der Waals surface area contributed by atoms with Gasteiger partial charge in [-0.3, -0.25) is 4.79 Å². The van der Waals surface area contributed by atoms with E-state index in [0.29, 0.717) is 16.8 Å². The van der Waals surface area contributed by atoms with Crippen LogP contribution in [0.4, 0.5) is 23.2 Å². The fourth-order valence-corrected chi connectivity index (χ4v) is 2.59. The molecule has 0 unspecified atom stereocenters. The summed E-state index contributed by atoms with van der Waals surface area (Å²) in [7, 11) is 0. The molecule has 2 nitrogen and oxygen atoms in total. The van der Waals surface area contributed by atoms with E-state index in [0.717, 1.165) is 12.1 Å². The summed E-state index contributed by atoms with van der Waals surface area (Å²) in [6.45, 7) is 0. The highest BCUT2D eigenvalue weighted by atomic mass is 19.4. The molecule has 0 saturated carbocycles. The van der Waals surface area contributed by atoms with E-state index >= 15 is 0 Å². The number of amides is 1. The molecule has 26 heavy (non-hydrogen) atoms. The lowest BCUT2D eigenvalue weighted by Gasteiger charge is -2.15. The number of para-hydroxylation sites is 1. The molecule has 0 atom stereocenters. The Labute approximate surface area is 147 Å². The normalized spacial score (nSPS) is 11.2. The molecule has 3 aromatic carbocycles. The number of nitrogens with one attached hydrogen (secondary N) is 1. The van der Waals surface area contributed by atoms with E-state index in [4.69, 9.17) is 0 Å². The van der Waals surface area contributed by atoms with Crippen molar-refractivity contribution in [3.8, 4) is 11.1 Å². The van der Waals surface area contributed by atoms with Crippen LogP contribution in [0.15, 0.2) is 72.8 Å². The lowest BCUT2D eigenvalue weighted by molar-refractivity contribution is -0.137. The van der Waals surface area contributed by atoms with Crippen molar-refractivity contribution in [2.45, 2.75) is 6.18 Å². The molecule has 6 heteroatoms. The van der Waals surface area contributed by atoms with Gasteiger partial charge in [0.1, 0.15) is 5.82 Å². The molecule has 0 heterocycles. The van der Waals surface area contributed by atoms with Gasteiger partial charge in [0.15, 0.2) is 0 Å². The van der Waals surface area contributed by atoms with Crippen LogP contribution in [-0.4, -0.2) is 5.91 Å². The molecule has 0 saturated heterocycles. The van der Waals surface area contributed by atoms with Gasteiger partial charge in [-0.05, 0) is 35.9 Å². The van der Waals surface area contributed by atoms with Crippen molar-refractivity contribution in [2.24, 2.45) is 0 Å². The van der Waals surface area contributed by atoms with Crippen molar-refractivity contribution in [3.63, 3.8) is 0 Å². The fourth-order valence-electron chi connectivity index (χ4n) is 2.59. The van der Waals surface area contributed by atoms with Crippen LogP contribution in [0.5, 0.6) is 0 Å². The number of anilines is 1. The van der Waals surface area contributed by atoms with Crippen LogP contribution < -0.4 is 5.32 Å². The number of hydrogen-bond acceptors (Lipinski definition) is 1. The summed E-state index contributed by atoms with van der Waals surface area (Å²) >= 11 is 0. The second-order valence-electron chi connectivity index (χ2n) is 5.55. The van der Waals surface area contributed by atoms with E-state index in [1.165, 1.54) is 36.4 Å². The van der Waals surface area contributed by atoms with Crippen LogP contribution >= 0.6 is 0 Å². The number of hydrogen-bond donors (Lipinski definition) is 1. The van der Waals surface area contributed by atoms with Gasteiger partial charge in [-0.25, -0.2) is 4.39 Å². The summed E-state index contributed by atoms with van der Waals surface area (Å²) in [4.78, 5) is 12.4. The standard InChI is InChI=1S/C20H13F4NO/c21-14-11-9-13(10-12-14)15-5-2-4-8-18(15)25-19(26)16-6-1-3-7-17(16)20(22,23)24/h1-12H,(H,25,26). The Bertz CT molecular complexity index is 933. The Morgan fingerprint density at radius 3 is 2.12 bits per heavy atom. The highest BCUT2D eigenvalue weighted by Gasteiger charge is 2.34. The first-order valence-corrected chi connectivity index (χ1v) is 7.69. The largest absolute Gasteiger partial charge is 0.417 e. The summed E-state index contributed by atoms with van der Waals surface area (Å²) in [6.07, 6.45) is -4.63. The van der Waals surface area contributed by atoms with Crippen molar-refractivity contribution >= 4 is 11.6 Å². The third-order valence-corrected chi connectivity index (χ3v) is 3.81. The molecular weight excluding hydrogens is 346 g/mol. The molecule has 1 N–H and O–H groups in total. The lowest BCUT2D eigenvalue weighted by atomic mass is 10.0. The number of carbonyl (C=O) groups excluding carboxylic acids is 1. The highest BCUT2D eigenvalue weighted by molar-refractivity contribution is 6.07. The monoisotopic (exact) mass is 359 g/mol. The summed E-state index contributed by atoms with van der Waals surface area (Å²) < 4.78 is 52.5. The van der Waals surface area contributed by atoms with Gasteiger partial charge in [-0.1, -0.05) is 42.5 Å². The van der Waals surface area contributed by atoms with Gasteiger partial charge in [0, 0.05) is 11.3 Å². The Balaban J connectivity index is 1.96. The lowest BCUT2D eigenvalue weighted by Crippen LogP contribution is -2.18.